The summed E-state index contributed by atoms with van der Waals surface area (Å²) in [5.41, 5.74) is 1.04. The Morgan fingerprint density at radius 2 is 1.97 bits per heavy atom. The first kappa shape index (κ1) is 22.5. The number of carbonyl (C=O) groups excluding carboxylic acids is 1. The quantitative estimate of drug-likeness (QED) is 0.516. The first-order valence-electron chi connectivity index (χ1n) is 11.9. The third kappa shape index (κ3) is 3.62. The molecule has 3 fully saturated rings. The van der Waals surface area contributed by atoms with Gasteiger partial charge in [0, 0.05) is 30.4 Å². The van der Waals surface area contributed by atoms with Crippen LogP contribution in [0.1, 0.15) is 79.1 Å². The summed E-state index contributed by atoms with van der Waals surface area (Å²) >= 11 is 0. The van der Waals surface area contributed by atoms with Crippen LogP contribution in [-0.4, -0.2) is 39.0 Å². The van der Waals surface area contributed by atoms with Gasteiger partial charge in [-0.05, 0) is 86.4 Å². The van der Waals surface area contributed by atoms with E-state index in [1.165, 1.54) is 25.3 Å². The number of allylic oxidation sites excluding steroid dienone is 1. The summed E-state index contributed by atoms with van der Waals surface area (Å²) < 4.78 is 17.5. The Bertz CT molecular complexity index is 758. The molecule has 0 spiro atoms. The molecule has 0 bridgehead atoms. The topological polar surface area (TPSA) is 63.6 Å². The molecular formula is C25H40O4S. The molecule has 0 aliphatic heterocycles. The zero-order chi connectivity index (χ0) is 21.9. The van der Waals surface area contributed by atoms with Crippen LogP contribution in [0.15, 0.2) is 11.6 Å². The van der Waals surface area contributed by atoms with Gasteiger partial charge in [0.25, 0.3) is 0 Å². The molecule has 5 heteroatoms. The molecule has 30 heavy (non-hydrogen) atoms. The van der Waals surface area contributed by atoms with Crippen molar-refractivity contribution >= 4 is 16.8 Å². The molecule has 0 radical (unpaired) electrons. The molecule has 1 N–H and O–H groups in total. The number of carbonyl (C=O) groups is 1. The minimum Gasteiger partial charge on any atom is -0.462 e. The Hall–Kier alpha value is -0.680. The second kappa shape index (κ2) is 7.72. The first-order valence-corrected chi connectivity index (χ1v) is 13.6. The van der Waals surface area contributed by atoms with E-state index >= 15 is 0 Å². The third-order valence-electron chi connectivity index (χ3n) is 9.64. The van der Waals surface area contributed by atoms with Crippen molar-refractivity contribution in [3.8, 4) is 0 Å². The minimum absolute atomic E-state index is 0.0492. The van der Waals surface area contributed by atoms with Crippen LogP contribution >= 0.6 is 0 Å². The summed E-state index contributed by atoms with van der Waals surface area (Å²) in [5, 5.41) is 11.3. The van der Waals surface area contributed by atoms with E-state index in [1.54, 1.807) is 6.26 Å². The summed E-state index contributed by atoms with van der Waals surface area (Å²) in [6, 6.07) is 0. The van der Waals surface area contributed by atoms with Crippen molar-refractivity contribution in [3.05, 3.63) is 11.6 Å². The molecule has 4 aliphatic rings. The number of rotatable bonds is 4. The maximum atomic E-state index is 11.9. The van der Waals surface area contributed by atoms with Gasteiger partial charge in [-0.1, -0.05) is 25.5 Å². The Morgan fingerprint density at radius 1 is 1.23 bits per heavy atom. The molecule has 4 nitrogen and oxygen atoms in total. The minimum atomic E-state index is -0.985. The Labute approximate surface area is 184 Å². The van der Waals surface area contributed by atoms with Crippen LogP contribution in [0.25, 0.3) is 0 Å². The van der Waals surface area contributed by atoms with Crippen molar-refractivity contribution in [1.82, 2.24) is 0 Å². The standard InChI is InChI=1S/C25H40O4S/c1-16(26)29-18-10-12-23(2)17(14-18)6-7-19-20-8-9-22(25(4,27)15-30(5)28)24(20,3)13-11-21(19)23/h6,18-22,27H,7-15H2,1-5H3/t18-,19?,20?,21?,22-,23-,24-,25?,30?/m0/s1. The number of hydrogen-bond acceptors (Lipinski definition) is 4. The van der Waals surface area contributed by atoms with Gasteiger partial charge in [0.2, 0.25) is 0 Å². The fraction of sp³-hybridized carbons (Fsp3) is 0.880. The van der Waals surface area contributed by atoms with Gasteiger partial charge < -0.3 is 9.84 Å². The lowest BCUT2D eigenvalue weighted by Crippen LogP contribution is -2.54. The molecule has 4 aliphatic carbocycles. The van der Waals surface area contributed by atoms with Gasteiger partial charge in [0.15, 0.2) is 0 Å². The average Bonchev–Trinajstić information content (AvgIpc) is 2.98. The van der Waals surface area contributed by atoms with Gasteiger partial charge in [-0.2, -0.15) is 0 Å². The molecular weight excluding hydrogens is 396 g/mol. The molecule has 0 amide bonds. The van der Waals surface area contributed by atoms with Gasteiger partial charge >= 0.3 is 5.97 Å². The van der Waals surface area contributed by atoms with Crippen LogP contribution in [-0.2, 0) is 20.3 Å². The maximum absolute atomic E-state index is 11.9. The molecule has 0 aromatic heterocycles. The van der Waals surface area contributed by atoms with Crippen molar-refractivity contribution in [1.29, 1.82) is 0 Å². The van der Waals surface area contributed by atoms with Crippen molar-refractivity contribution in [2.24, 2.45) is 34.5 Å². The van der Waals surface area contributed by atoms with Gasteiger partial charge in [-0.3, -0.25) is 9.00 Å². The number of aliphatic hydroxyl groups is 1. The molecule has 0 aromatic rings. The Morgan fingerprint density at radius 3 is 2.63 bits per heavy atom. The third-order valence-corrected chi connectivity index (χ3v) is 10.6. The maximum Gasteiger partial charge on any atom is 0.302 e. The second-order valence-electron chi connectivity index (χ2n) is 11.5. The fourth-order valence-corrected chi connectivity index (χ4v) is 9.52. The van der Waals surface area contributed by atoms with Crippen LogP contribution in [0.5, 0.6) is 0 Å². The fourth-order valence-electron chi connectivity index (χ4n) is 8.50. The van der Waals surface area contributed by atoms with E-state index in [2.05, 4.69) is 19.9 Å². The largest absolute Gasteiger partial charge is 0.462 e. The predicted octanol–water partition coefficient (Wildman–Crippen LogP) is 4.63. The van der Waals surface area contributed by atoms with Gasteiger partial charge in [-0.25, -0.2) is 0 Å². The normalized spacial score (nSPS) is 45.9. The molecule has 0 aromatic carbocycles. The second-order valence-corrected chi connectivity index (χ2v) is 12.9. The predicted molar refractivity (Wildman–Crippen MR) is 120 cm³/mol. The van der Waals surface area contributed by atoms with Gasteiger partial charge in [-0.15, -0.1) is 0 Å². The molecule has 9 atom stereocenters. The molecule has 5 unspecified atom stereocenters. The van der Waals surface area contributed by atoms with E-state index in [9.17, 15) is 14.1 Å². The lowest BCUT2D eigenvalue weighted by Gasteiger charge is -2.59. The summed E-state index contributed by atoms with van der Waals surface area (Å²) in [6.07, 6.45) is 13.0. The van der Waals surface area contributed by atoms with E-state index in [-0.39, 0.29) is 28.8 Å². The summed E-state index contributed by atoms with van der Waals surface area (Å²) in [4.78, 5) is 11.4. The van der Waals surface area contributed by atoms with E-state index < -0.39 is 16.4 Å². The molecule has 0 saturated heterocycles. The van der Waals surface area contributed by atoms with Crippen molar-refractivity contribution < 1.29 is 18.8 Å². The monoisotopic (exact) mass is 436 g/mol. The lowest BCUT2D eigenvalue weighted by atomic mass is 9.47. The summed E-state index contributed by atoms with van der Waals surface area (Å²) in [5.74, 6) is 2.46. The van der Waals surface area contributed by atoms with E-state index in [4.69, 9.17) is 4.74 Å². The van der Waals surface area contributed by atoms with Gasteiger partial charge in [0.1, 0.15) is 6.10 Å². The van der Waals surface area contributed by atoms with Crippen LogP contribution in [0.3, 0.4) is 0 Å². The number of esters is 1. The van der Waals surface area contributed by atoms with Crippen LogP contribution in [0.4, 0.5) is 0 Å². The van der Waals surface area contributed by atoms with Crippen LogP contribution < -0.4 is 0 Å². The van der Waals surface area contributed by atoms with Gasteiger partial charge in [0.05, 0.1) is 11.4 Å². The van der Waals surface area contributed by atoms with E-state index in [1.807, 2.05) is 6.92 Å². The van der Waals surface area contributed by atoms with E-state index in [0.29, 0.717) is 23.5 Å². The Kier molecular flexibility index (Phi) is 5.79. The smallest absolute Gasteiger partial charge is 0.302 e. The first-order chi connectivity index (χ1) is 14.0. The van der Waals surface area contributed by atoms with Crippen LogP contribution in [0, 0.1) is 34.5 Å². The highest BCUT2D eigenvalue weighted by Gasteiger charge is 2.61. The highest BCUT2D eigenvalue weighted by atomic mass is 32.2. The highest BCUT2D eigenvalue weighted by Crippen LogP contribution is 2.67. The van der Waals surface area contributed by atoms with Crippen LogP contribution in [0.2, 0.25) is 0 Å². The zero-order valence-corrected chi connectivity index (χ0v) is 20.2. The molecule has 4 rings (SSSR count). The van der Waals surface area contributed by atoms with Crippen molar-refractivity contribution in [3.63, 3.8) is 0 Å². The summed E-state index contributed by atoms with van der Waals surface area (Å²) in [7, 11) is -0.985. The SMILES string of the molecule is CC(=O)O[C@H]1CC[C@@]2(C)C(=CCC3C2CC[C@@]2(C)C3CC[C@@H]2C(C)(O)CS(C)=O)C1. The number of fused-ring (bicyclic) bond motifs is 5. The molecule has 170 valence electrons. The van der Waals surface area contributed by atoms with Crippen molar-refractivity contribution in [2.75, 3.05) is 12.0 Å². The number of hydrogen-bond donors (Lipinski definition) is 1. The van der Waals surface area contributed by atoms with Crippen molar-refractivity contribution in [2.45, 2.75) is 90.8 Å². The molecule has 0 heterocycles. The highest BCUT2D eigenvalue weighted by molar-refractivity contribution is 7.84. The lowest BCUT2D eigenvalue weighted by molar-refractivity contribution is -0.149. The Balaban J connectivity index is 1.56. The van der Waals surface area contributed by atoms with E-state index in [0.717, 1.165) is 38.5 Å². The average molecular weight is 437 g/mol. The summed E-state index contributed by atoms with van der Waals surface area (Å²) in [6.45, 7) is 8.32. The molecule has 3 saturated carbocycles. The zero-order valence-electron chi connectivity index (χ0n) is 19.4. The number of ether oxygens (including phenoxy) is 1.